The third-order valence-electron chi connectivity index (χ3n) is 4.97. The summed E-state index contributed by atoms with van der Waals surface area (Å²) in [6.45, 7) is 11.0. The Morgan fingerprint density at radius 3 is 2.25 bits per heavy atom. The first kappa shape index (κ1) is 15.8. The second-order valence-electron chi connectivity index (χ2n) is 7.60. The van der Waals surface area contributed by atoms with Gasteiger partial charge in [0.25, 0.3) is 0 Å². The van der Waals surface area contributed by atoms with Crippen LogP contribution in [0.25, 0.3) is 0 Å². The zero-order valence-electron chi connectivity index (χ0n) is 13.9. The first-order valence-corrected chi connectivity index (χ1v) is 8.50. The molecule has 116 valence electrons. The first-order chi connectivity index (χ1) is 9.41. The molecule has 1 amide bonds. The Labute approximate surface area is 124 Å². The van der Waals surface area contributed by atoms with Crippen LogP contribution >= 0.6 is 0 Å². The highest BCUT2D eigenvalue weighted by Crippen LogP contribution is 2.34. The molecule has 0 bridgehead atoms. The van der Waals surface area contributed by atoms with Crippen molar-refractivity contribution < 1.29 is 4.79 Å². The van der Waals surface area contributed by atoms with Crippen LogP contribution in [0.1, 0.15) is 66.7 Å². The van der Waals surface area contributed by atoms with Gasteiger partial charge in [0.15, 0.2) is 0 Å². The van der Waals surface area contributed by atoms with Crippen molar-refractivity contribution in [1.82, 2.24) is 10.2 Å². The largest absolute Gasteiger partial charge is 0.323 e. The van der Waals surface area contributed by atoms with Crippen LogP contribution in [-0.2, 0) is 4.79 Å². The van der Waals surface area contributed by atoms with E-state index in [2.05, 4.69) is 44.8 Å². The van der Waals surface area contributed by atoms with Crippen LogP contribution in [0.4, 0.5) is 0 Å². The minimum absolute atomic E-state index is 0.0233. The van der Waals surface area contributed by atoms with E-state index in [1.165, 1.54) is 25.7 Å². The van der Waals surface area contributed by atoms with E-state index >= 15 is 0 Å². The molecule has 3 unspecified atom stereocenters. The number of carbonyl (C=O) groups excluding carboxylic acids is 1. The Kier molecular flexibility index (Phi) is 5.11. The molecular formula is C17H32N2O. The highest BCUT2D eigenvalue weighted by molar-refractivity contribution is 5.85. The molecule has 2 rings (SSSR count). The second-order valence-corrected chi connectivity index (χ2v) is 7.60. The quantitative estimate of drug-likeness (QED) is 0.837. The summed E-state index contributed by atoms with van der Waals surface area (Å²) in [5, 5.41) is 3.66. The summed E-state index contributed by atoms with van der Waals surface area (Å²) in [4.78, 5) is 15.0. The van der Waals surface area contributed by atoms with Crippen molar-refractivity contribution >= 4 is 5.91 Å². The average molecular weight is 280 g/mol. The lowest BCUT2D eigenvalue weighted by Gasteiger charge is -2.34. The van der Waals surface area contributed by atoms with Crippen LogP contribution in [0.3, 0.4) is 0 Å². The summed E-state index contributed by atoms with van der Waals surface area (Å²) in [6.07, 6.45) is 6.60. The lowest BCUT2D eigenvalue weighted by Crippen LogP contribution is -2.47. The highest BCUT2D eigenvalue weighted by atomic mass is 16.2. The van der Waals surface area contributed by atoms with Gasteiger partial charge in [0.05, 0.1) is 12.2 Å². The van der Waals surface area contributed by atoms with E-state index in [-0.39, 0.29) is 12.2 Å². The molecule has 1 N–H and O–H groups in total. The molecule has 1 aliphatic carbocycles. The van der Waals surface area contributed by atoms with E-state index in [9.17, 15) is 4.79 Å². The smallest absolute Gasteiger partial charge is 0.241 e. The van der Waals surface area contributed by atoms with Gasteiger partial charge in [0.1, 0.15) is 0 Å². The Bertz CT molecular complexity index is 334. The molecule has 0 aromatic heterocycles. The first-order valence-electron chi connectivity index (χ1n) is 8.50. The van der Waals surface area contributed by atoms with Crippen molar-refractivity contribution in [2.24, 2.45) is 17.8 Å². The van der Waals surface area contributed by atoms with Gasteiger partial charge in [0.2, 0.25) is 5.91 Å². The summed E-state index contributed by atoms with van der Waals surface area (Å²) >= 11 is 0. The van der Waals surface area contributed by atoms with Crippen LogP contribution in [-0.4, -0.2) is 29.1 Å². The van der Waals surface area contributed by atoms with Crippen molar-refractivity contribution in [1.29, 1.82) is 0 Å². The topological polar surface area (TPSA) is 32.3 Å². The maximum absolute atomic E-state index is 12.8. The monoisotopic (exact) mass is 280 g/mol. The Hall–Kier alpha value is -0.570. The average Bonchev–Trinajstić information content (AvgIpc) is 2.94. The highest BCUT2D eigenvalue weighted by Gasteiger charge is 2.45. The van der Waals surface area contributed by atoms with Gasteiger partial charge in [-0.2, -0.15) is 0 Å². The number of hydrogen-bond acceptors (Lipinski definition) is 2. The predicted molar refractivity (Wildman–Crippen MR) is 83.3 cm³/mol. The van der Waals surface area contributed by atoms with Gasteiger partial charge in [0, 0.05) is 6.04 Å². The van der Waals surface area contributed by atoms with E-state index in [0.717, 1.165) is 6.42 Å². The number of nitrogens with one attached hydrogen (secondary N) is 1. The van der Waals surface area contributed by atoms with Crippen LogP contribution < -0.4 is 5.32 Å². The molecular weight excluding hydrogens is 248 g/mol. The van der Waals surface area contributed by atoms with Gasteiger partial charge in [-0.25, -0.2) is 0 Å². The number of carbonyl (C=O) groups is 1. The molecule has 20 heavy (non-hydrogen) atoms. The summed E-state index contributed by atoms with van der Waals surface area (Å²) < 4.78 is 0. The zero-order valence-corrected chi connectivity index (χ0v) is 13.9. The van der Waals surface area contributed by atoms with Crippen molar-refractivity contribution in [3.05, 3.63) is 0 Å². The third-order valence-corrected chi connectivity index (χ3v) is 4.97. The van der Waals surface area contributed by atoms with Crippen LogP contribution in [0.2, 0.25) is 0 Å². The number of amides is 1. The van der Waals surface area contributed by atoms with Crippen molar-refractivity contribution in [2.75, 3.05) is 0 Å². The van der Waals surface area contributed by atoms with Crippen LogP contribution in [0.5, 0.6) is 0 Å². The molecule has 0 spiro atoms. The molecule has 0 radical (unpaired) electrons. The van der Waals surface area contributed by atoms with E-state index in [1.54, 1.807) is 0 Å². The SMILES string of the molecule is CC(C)CC(C)N1C(=O)C(C(C)C)NC1C1CCCC1. The molecule has 3 heteroatoms. The summed E-state index contributed by atoms with van der Waals surface area (Å²) in [5.41, 5.74) is 0. The van der Waals surface area contributed by atoms with Gasteiger partial charge in [-0.05, 0) is 43.9 Å². The zero-order chi connectivity index (χ0) is 14.9. The molecule has 1 saturated carbocycles. The second kappa shape index (κ2) is 6.46. The summed E-state index contributed by atoms with van der Waals surface area (Å²) in [6, 6.07) is 0.375. The third kappa shape index (κ3) is 3.19. The molecule has 1 saturated heterocycles. The standard InChI is InChI=1S/C17H32N2O/c1-11(2)10-13(5)19-16(14-8-6-7-9-14)18-15(12(3)4)17(19)20/h11-16,18H,6-10H2,1-5H3. The fraction of sp³-hybridized carbons (Fsp3) is 0.941. The van der Waals surface area contributed by atoms with E-state index in [4.69, 9.17) is 0 Å². The molecule has 0 aromatic carbocycles. The summed E-state index contributed by atoms with van der Waals surface area (Å²) in [7, 11) is 0. The molecule has 2 fully saturated rings. The van der Waals surface area contributed by atoms with Gasteiger partial charge in [-0.3, -0.25) is 10.1 Å². The fourth-order valence-corrected chi connectivity index (χ4v) is 4.03. The maximum atomic E-state index is 12.8. The number of rotatable bonds is 5. The van der Waals surface area contributed by atoms with Gasteiger partial charge >= 0.3 is 0 Å². The van der Waals surface area contributed by atoms with Crippen LogP contribution in [0.15, 0.2) is 0 Å². The van der Waals surface area contributed by atoms with Crippen LogP contribution in [0, 0.1) is 17.8 Å². The normalized spacial score (nSPS) is 29.9. The van der Waals surface area contributed by atoms with Crippen molar-refractivity contribution in [2.45, 2.75) is 85.0 Å². The Morgan fingerprint density at radius 2 is 1.75 bits per heavy atom. The Morgan fingerprint density at radius 1 is 1.15 bits per heavy atom. The molecule has 2 aliphatic rings. The van der Waals surface area contributed by atoms with Gasteiger partial charge < -0.3 is 4.90 Å². The van der Waals surface area contributed by atoms with Gasteiger partial charge in [-0.1, -0.05) is 40.5 Å². The van der Waals surface area contributed by atoms with E-state index < -0.39 is 0 Å². The minimum Gasteiger partial charge on any atom is -0.323 e. The molecule has 3 nitrogen and oxygen atoms in total. The lowest BCUT2D eigenvalue weighted by atomic mass is 9.99. The number of hydrogen-bond donors (Lipinski definition) is 1. The van der Waals surface area contributed by atoms with Gasteiger partial charge in [-0.15, -0.1) is 0 Å². The molecule has 0 aromatic rings. The maximum Gasteiger partial charge on any atom is 0.241 e. The van der Waals surface area contributed by atoms with E-state index in [1.807, 2.05) is 0 Å². The lowest BCUT2D eigenvalue weighted by molar-refractivity contribution is -0.133. The Balaban J connectivity index is 2.15. The van der Waals surface area contributed by atoms with Crippen molar-refractivity contribution in [3.8, 4) is 0 Å². The number of nitrogens with zero attached hydrogens (tertiary/aromatic N) is 1. The molecule has 1 heterocycles. The minimum atomic E-state index is 0.0233. The van der Waals surface area contributed by atoms with E-state index in [0.29, 0.717) is 29.7 Å². The fourth-order valence-electron chi connectivity index (χ4n) is 4.03. The molecule has 1 aliphatic heterocycles. The summed E-state index contributed by atoms with van der Waals surface area (Å²) in [5.74, 6) is 2.02. The molecule has 3 atom stereocenters. The van der Waals surface area contributed by atoms with Crippen molar-refractivity contribution in [3.63, 3.8) is 0 Å². The predicted octanol–water partition coefficient (Wildman–Crippen LogP) is 3.39.